The van der Waals surface area contributed by atoms with Gasteiger partial charge in [0, 0.05) is 61.8 Å². The van der Waals surface area contributed by atoms with Gasteiger partial charge in [0.1, 0.15) is 23.2 Å². The molecule has 3 amide bonds. The van der Waals surface area contributed by atoms with Gasteiger partial charge in [-0.15, -0.1) is 0 Å². The number of nitrogens with zero attached hydrogens (tertiary/aromatic N) is 5. The maximum absolute atomic E-state index is 15.4. The molecule has 354 valence electrons. The summed E-state index contributed by atoms with van der Waals surface area (Å²) in [5.41, 5.74) is 2.56. The Hall–Kier alpha value is -5.65. The predicted octanol–water partition coefficient (Wildman–Crippen LogP) is 6.34. The third kappa shape index (κ3) is 10.6. The quantitative estimate of drug-likeness (QED) is 0.0972. The van der Waals surface area contributed by atoms with Crippen LogP contribution >= 0.6 is 11.6 Å². The Labute approximate surface area is 389 Å². The summed E-state index contributed by atoms with van der Waals surface area (Å²) >= 11 is 6.47. The van der Waals surface area contributed by atoms with Crippen LogP contribution in [0.15, 0.2) is 47.4 Å². The van der Waals surface area contributed by atoms with E-state index >= 15 is 4.39 Å². The standard InChI is InChI=1S/C28H35ClN6O4.C20H26FN3O3/c1-17(2)35-23-8-7-19(13-18(23)14-24(27(35)37)38-16-25(36)30-3)32-26-22(29)15-31-28(33-26)34-11-9-21(10-12-34)39-20-5-4-6-20;1-12-17-15(6-5-14(18(17)21)13-7-9-23-10-8-13)20(27)24(12)16(4-3-11-25)19(26)22-2/h7-8,13-15,17,20-21H,4-6,9-12,16H2,1-3H3,(H,30,36)(H,31,32,33);5-6,11-13,16,23H,3-4,7-10H2,1-2H3,(H,22,26)/t;12-,16?/m.1/s1. The molecule has 2 saturated heterocycles. The second-order valence-electron chi connectivity index (χ2n) is 17.6. The normalized spacial score (nSPS) is 18.3. The molecule has 0 radical (unpaired) electrons. The summed E-state index contributed by atoms with van der Waals surface area (Å²) in [6.45, 7) is 8.74. The molecule has 1 saturated carbocycles. The summed E-state index contributed by atoms with van der Waals surface area (Å²) in [6.07, 6.45) is 10.8. The number of piperidine rings is 2. The Bertz CT molecular complexity index is 2470. The highest BCUT2D eigenvalue weighted by Crippen LogP contribution is 2.41. The number of aromatic nitrogens is 3. The molecule has 2 aromatic heterocycles. The highest BCUT2D eigenvalue weighted by atomic mass is 35.5. The van der Waals surface area contributed by atoms with E-state index in [0.29, 0.717) is 45.7 Å². The average Bonchev–Trinajstić information content (AvgIpc) is 3.56. The first-order valence-corrected chi connectivity index (χ1v) is 23.4. The van der Waals surface area contributed by atoms with Crippen molar-refractivity contribution in [3.63, 3.8) is 0 Å². The maximum atomic E-state index is 15.4. The number of amides is 3. The summed E-state index contributed by atoms with van der Waals surface area (Å²) in [5.74, 6) is 0.0443. The molecule has 66 heavy (non-hydrogen) atoms. The lowest BCUT2D eigenvalue weighted by Gasteiger charge is -2.36. The molecular formula is C48H61ClFN9O7. The summed E-state index contributed by atoms with van der Waals surface area (Å²) in [4.78, 5) is 73.6. The number of carbonyl (C=O) groups excluding carboxylic acids is 4. The SMILES string of the molecule is CNC(=O)C(CCC=O)N1C(=O)c2ccc(C3CCNCC3)c(F)c2[C@H]1C.CNC(=O)COc1cc2cc(Nc3nc(N4CCC(OC5CCC5)CC4)ncc3Cl)ccc2n(C(C)C)c1=O. The zero-order valence-electron chi connectivity index (χ0n) is 38.3. The summed E-state index contributed by atoms with van der Waals surface area (Å²) in [7, 11) is 3.01. The highest BCUT2D eigenvalue weighted by molar-refractivity contribution is 6.33. The molecule has 5 heterocycles. The largest absolute Gasteiger partial charge is 0.478 e. The fraction of sp³-hybridized carbons (Fsp3) is 0.521. The topological polar surface area (TPSA) is 189 Å². The fourth-order valence-electron chi connectivity index (χ4n) is 9.24. The Morgan fingerprint density at radius 1 is 1.00 bits per heavy atom. The molecule has 2 atom stereocenters. The van der Waals surface area contributed by atoms with Crippen LogP contribution in [0.25, 0.3) is 10.9 Å². The smallest absolute Gasteiger partial charge is 0.293 e. The first kappa shape index (κ1) is 48.3. The van der Waals surface area contributed by atoms with E-state index in [9.17, 15) is 24.0 Å². The number of halogens is 2. The van der Waals surface area contributed by atoms with Crippen LogP contribution in [0.3, 0.4) is 0 Å². The lowest BCUT2D eigenvalue weighted by Crippen LogP contribution is -2.47. The Balaban J connectivity index is 0.000000210. The molecule has 0 bridgehead atoms. The van der Waals surface area contributed by atoms with Gasteiger partial charge in [0.2, 0.25) is 11.9 Å². The van der Waals surface area contributed by atoms with Crippen LogP contribution in [-0.2, 0) is 19.1 Å². The molecule has 2 aromatic carbocycles. The van der Waals surface area contributed by atoms with Crippen LogP contribution in [0.1, 0.15) is 118 Å². The van der Waals surface area contributed by atoms with Gasteiger partial charge in [0.25, 0.3) is 17.4 Å². The molecule has 0 spiro atoms. The van der Waals surface area contributed by atoms with Crippen molar-refractivity contribution in [2.45, 2.75) is 115 Å². The second kappa shape index (κ2) is 21.8. The number of carbonyl (C=O) groups is 4. The lowest BCUT2D eigenvalue weighted by molar-refractivity contribution is -0.126. The Morgan fingerprint density at radius 2 is 1.73 bits per heavy atom. The number of aldehydes is 1. The number of hydrogen-bond acceptors (Lipinski definition) is 12. The molecule has 3 aliphatic heterocycles. The van der Waals surface area contributed by atoms with E-state index in [-0.39, 0.29) is 66.3 Å². The summed E-state index contributed by atoms with van der Waals surface area (Å²) < 4.78 is 28.8. The van der Waals surface area contributed by atoms with Gasteiger partial charge < -0.3 is 49.9 Å². The van der Waals surface area contributed by atoms with Gasteiger partial charge in [-0.05, 0) is 127 Å². The van der Waals surface area contributed by atoms with Gasteiger partial charge in [-0.25, -0.2) is 9.37 Å². The number of anilines is 3. The van der Waals surface area contributed by atoms with Crippen molar-refractivity contribution in [3.05, 3.63) is 80.5 Å². The number of rotatable bonds is 15. The molecule has 8 rings (SSSR count). The van der Waals surface area contributed by atoms with Gasteiger partial charge in [0.15, 0.2) is 18.2 Å². The van der Waals surface area contributed by atoms with E-state index in [1.54, 1.807) is 35.9 Å². The number of hydrogen-bond donors (Lipinski definition) is 4. The number of pyridine rings is 1. The van der Waals surface area contributed by atoms with E-state index < -0.39 is 12.1 Å². The Morgan fingerprint density at radius 3 is 2.38 bits per heavy atom. The third-order valence-corrected chi connectivity index (χ3v) is 13.3. The van der Waals surface area contributed by atoms with Gasteiger partial charge in [-0.1, -0.05) is 17.7 Å². The van der Waals surface area contributed by atoms with Crippen LogP contribution in [0.5, 0.6) is 5.75 Å². The minimum absolute atomic E-state index is 0.107. The number of fused-ring (bicyclic) bond motifs is 2. The number of ether oxygens (including phenoxy) is 2. The van der Waals surface area contributed by atoms with Crippen molar-refractivity contribution in [3.8, 4) is 5.75 Å². The van der Waals surface area contributed by atoms with E-state index in [1.165, 1.54) is 38.3 Å². The molecular weight excluding hydrogens is 869 g/mol. The maximum Gasteiger partial charge on any atom is 0.293 e. The van der Waals surface area contributed by atoms with Crippen molar-refractivity contribution < 1.29 is 33.0 Å². The lowest BCUT2D eigenvalue weighted by atomic mass is 9.87. The molecule has 16 nitrogen and oxygen atoms in total. The van der Waals surface area contributed by atoms with Crippen LogP contribution in [0.2, 0.25) is 5.02 Å². The van der Waals surface area contributed by atoms with Gasteiger partial charge in [-0.2, -0.15) is 4.98 Å². The average molecular weight is 931 g/mol. The van der Waals surface area contributed by atoms with E-state index in [4.69, 9.17) is 26.1 Å². The number of benzene rings is 2. The highest BCUT2D eigenvalue weighted by Gasteiger charge is 2.43. The monoisotopic (exact) mass is 929 g/mol. The van der Waals surface area contributed by atoms with Crippen LogP contribution in [0, 0.1) is 5.82 Å². The van der Waals surface area contributed by atoms with E-state index in [0.717, 1.165) is 74.7 Å². The molecule has 4 aliphatic rings. The van der Waals surface area contributed by atoms with Crippen molar-refractivity contribution in [1.29, 1.82) is 0 Å². The van der Waals surface area contributed by atoms with Crippen molar-refractivity contribution in [1.82, 2.24) is 35.4 Å². The predicted molar refractivity (Wildman–Crippen MR) is 251 cm³/mol. The van der Waals surface area contributed by atoms with E-state index in [1.807, 2.05) is 32.0 Å². The summed E-state index contributed by atoms with van der Waals surface area (Å²) in [5, 5.41) is 12.8. The van der Waals surface area contributed by atoms with Crippen molar-refractivity contribution >= 4 is 64.0 Å². The first-order chi connectivity index (χ1) is 31.8. The van der Waals surface area contributed by atoms with Gasteiger partial charge >= 0.3 is 0 Å². The molecule has 18 heteroatoms. The minimum atomic E-state index is -0.795. The Kier molecular flexibility index (Phi) is 15.9. The van der Waals surface area contributed by atoms with Gasteiger partial charge in [-0.3, -0.25) is 19.2 Å². The second-order valence-corrected chi connectivity index (χ2v) is 18.0. The van der Waals surface area contributed by atoms with Crippen LogP contribution < -0.4 is 36.5 Å². The third-order valence-electron chi connectivity index (χ3n) is 13.0. The number of likely N-dealkylation sites (N-methyl/N-ethyl adjacent to an activating group) is 2. The van der Waals surface area contributed by atoms with Crippen molar-refractivity contribution in [2.75, 3.05) is 57.1 Å². The van der Waals surface area contributed by atoms with Crippen molar-refractivity contribution in [2.24, 2.45) is 0 Å². The zero-order chi connectivity index (χ0) is 47.1. The fourth-order valence-corrected chi connectivity index (χ4v) is 9.38. The molecule has 3 fully saturated rings. The molecule has 1 unspecified atom stereocenters. The summed E-state index contributed by atoms with van der Waals surface area (Å²) in [6, 6.07) is 9.28. The van der Waals surface area contributed by atoms with E-state index in [2.05, 4.69) is 31.2 Å². The van der Waals surface area contributed by atoms with Gasteiger partial charge in [0.05, 0.1) is 30.0 Å². The molecule has 4 aromatic rings. The minimum Gasteiger partial charge on any atom is -0.478 e. The zero-order valence-corrected chi connectivity index (χ0v) is 39.1. The first-order valence-electron chi connectivity index (χ1n) is 23.1. The van der Waals surface area contributed by atoms with Crippen LogP contribution in [-0.4, -0.2) is 109 Å². The van der Waals surface area contributed by atoms with Crippen LogP contribution in [0.4, 0.5) is 21.8 Å². The molecule has 4 N–H and O–H groups in total. The number of nitrogens with one attached hydrogen (secondary N) is 4. The molecule has 1 aliphatic carbocycles.